The van der Waals surface area contributed by atoms with E-state index in [2.05, 4.69) is 10.0 Å². The lowest BCUT2D eigenvalue weighted by Crippen LogP contribution is -2.34. The van der Waals surface area contributed by atoms with Gasteiger partial charge in [-0.15, -0.1) is 0 Å². The van der Waals surface area contributed by atoms with Gasteiger partial charge < -0.3 is 10.1 Å². The van der Waals surface area contributed by atoms with Crippen LogP contribution >= 0.6 is 0 Å². The van der Waals surface area contributed by atoms with E-state index < -0.39 is 16.1 Å². The van der Waals surface area contributed by atoms with Crippen molar-refractivity contribution in [1.29, 1.82) is 0 Å². The molecule has 6 nitrogen and oxygen atoms in total. The number of aryl methyl sites for hydroxylation is 2. The van der Waals surface area contributed by atoms with E-state index in [9.17, 15) is 13.2 Å². The van der Waals surface area contributed by atoms with Gasteiger partial charge in [-0.25, -0.2) is 8.42 Å². The fraction of sp³-hybridized carbons (Fsp3) is 0.316. The minimum atomic E-state index is -3.70. The molecule has 1 aliphatic heterocycles. The number of carbonyl (C=O) groups excluding carboxylic acids is 1. The van der Waals surface area contributed by atoms with Gasteiger partial charge in [-0.3, -0.25) is 9.52 Å². The predicted molar refractivity (Wildman–Crippen MR) is 99.1 cm³/mol. The Kier molecular flexibility index (Phi) is 4.11. The quantitative estimate of drug-likeness (QED) is 0.867. The first-order chi connectivity index (χ1) is 12.4. The van der Waals surface area contributed by atoms with Gasteiger partial charge in [0, 0.05) is 0 Å². The summed E-state index contributed by atoms with van der Waals surface area (Å²) in [5, 5.41) is 2.72. The average Bonchev–Trinajstić information content (AvgIpc) is 2.62. The zero-order valence-electron chi connectivity index (χ0n) is 14.4. The molecule has 1 heterocycles. The second kappa shape index (κ2) is 6.32. The van der Waals surface area contributed by atoms with Gasteiger partial charge in [0.2, 0.25) is 0 Å². The van der Waals surface area contributed by atoms with Gasteiger partial charge in [0.15, 0.2) is 6.10 Å². The molecule has 0 aromatic heterocycles. The smallest absolute Gasteiger partial charge is 0.265 e. The number of amides is 1. The highest BCUT2D eigenvalue weighted by atomic mass is 32.2. The van der Waals surface area contributed by atoms with Crippen molar-refractivity contribution in [3.8, 4) is 5.75 Å². The molecule has 1 aliphatic carbocycles. The Morgan fingerprint density at radius 1 is 1.08 bits per heavy atom. The molecule has 1 unspecified atom stereocenters. The summed E-state index contributed by atoms with van der Waals surface area (Å²) in [4.78, 5) is 12.0. The van der Waals surface area contributed by atoms with Crippen LogP contribution in [0, 0.1) is 0 Å². The summed E-state index contributed by atoms with van der Waals surface area (Å²) in [6.45, 7) is 1.66. The number of hydrogen-bond donors (Lipinski definition) is 2. The van der Waals surface area contributed by atoms with Crippen LogP contribution in [0.15, 0.2) is 41.3 Å². The van der Waals surface area contributed by atoms with Gasteiger partial charge in [0.1, 0.15) is 5.75 Å². The highest BCUT2D eigenvalue weighted by molar-refractivity contribution is 7.92. The van der Waals surface area contributed by atoms with Crippen LogP contribution in [0.25, 0.3) is 0 Å². The number of carbonyl (C=O) groups is 1. The van der Waals surface area contributed by atoms with E-state index in [-0.39, 0.29) is 10.8 Å². The van der Waals surface area contributed by atoms with Crippen LogP contribution in [-0.2, 0) is 27.7 Å². The molecule has 1 atom stereocenters. The molecular formula is C19H20N2O4S. The molecule has 0 spiro atoms. The third kappa shape index (κ3) is 3.14. The van der Waals surface area contributed by atoms with Gasteiger partial charge in [-0.2, -0.15) is 0 Å². The van der Waals surface area contributed by atoms with Crippen LogP contribution in [0.2, 0.25) is 0 Å². The number of ether oxygens (including phenoxy) is 1. The van der Waals surface area contributed by atoms with Crippen molar-refractivity contribution in [3.63, 3.8) is 0 Å². The van der Waals surface area contributed by atoms with Crippen molar-refractivity contribution in [2.75, 3.05) is 10.0 Å². The predicted octanol–water partition coefficient (Wildman–Crippen LogP) is 3.09. The van der Waals surface area contributed by atoms with Gasteiger partial charge >= 0.3 is 0 Å². The number of benzene rings is 2. The Bertz CT molecular complexity index is 985. The van der Waals surface area contributed by atoms with Crippen molar-refractivity contribution in [2.24, 2.45) is 0 Å². The number of anilines is 2. The van der Waals surface area contributed by atoms with Crippen molar-refractivity contribution in [2.45, 2.75) is 43.6 Å². The lowest BCUT2D eigenvalue weighted by Gasteiger charge is -2.23. The van der Waals surface area contributed by atoms with E-state index in [1.165, 1.54) is 5.56 Å². The standard InChI is InChI=1S/C19H20N2O4S/c1-12-19(22)20-17-11-15(7-9-18(17)25-12)21-26(23,24)16-8-6-13-4-2-3-5-14(13)10-16/h6-12,21H,2-5H2,1H3,(H,20,22). The average molecular weight is 372 g/mol. The Balaban J connectivity index is 1.60. The molecule has 0 saturated heterocycles. The summed E-state index contributed by atoms with van der Waals surface area (Å²) in [5.74, 6) is 0.265. The van der Waals surface area contributed by atoms with E-state index >= 15 is 0 Å². The Labute approximate surface area is 152 Å². The molecule has 2 N–H and O–H groups in total. The van der Waals surface area contributed by atoms with Crippen LogP contribution in [0.4, 0.5) is 11.4 Å². The van der Waals surface area contributed by atoms with Crippen LogP contribution in [0.1, 0.15) is 30.9 Å². The van der Waals surface area contributed by atoms with E-state index in [1.54, 1.807) is 37.3 Å². The maximum absolute atomic E-state index is 12.7. The molecule has 0 radical (unpaired) electrons. The first-order valence-electron chi connectivity index (χ1n) is 8.68. The Morgan fingerprint density at radius 3 is 2.65 bits per heavy atom. The van der Waals surface area contributed by atoms with Crippen molar-refractivity contribution >= 4 is 27.3 Å². The number of rotatable bonds is 3. The SMILES string of the molecule is CC1Oc2ccc(NS(=O)(=O)c3ccc4c(c3)CCCC4)cc2NC1=O. The zero-order valence-corrected chi connectivity index (χ0v) is 15.2. The fourth-order valence-electron chi connectivity index (χ4n) is 3.36. The highest BCUT2D eigenvalue weighted by Gasteiger charge is 2.24. The van der Waals surface area contributed by atoms with Crippen LogP contribution in [-0.4, -0.2) is 20.4 Å². The summed E-state index contributed by atoms with van der Waals surface area (Å²) < 4.78 is 33.6. The van der Waals surface area contributed by atoms with Crippen molar-refractivity contribution in [1.82, 2.24) is 0 Å². The molecule has 0 bridgehead atoms. The Hall–Kier alpha value is -2.54. The summed E-state index contributed by atoms with van der Waals surface area (Å²) in [6.07, 6.45) is 3.59. The molecule has 0 saturated carbocycles. The minimum Gasteiger partial charge on any atom is -0.479 e. The van der Waals surface area contributed by atoms with E-state index in [0.29, 0.717) is 17.1 Å². The zero-order chi connectivity index (χ0) is 18.3. The largest absolute Gasteiger partial charge is 0.479 e. The maximum Gasteiger partial charge on any atom is 0.265 e. The molecule has 1 amide bonds. The van der Waals surface area contributed by atoms with Gasteiger partial charge in [0.05, 0.1) is 16.3 Å². The molecule has 7 heteroatoms. The second-order valence-corrected chi connectivity index (χ2v) is 8.39. The minimum absolute atomic E-state index is 0.254. The lowest BCUT2D eigenvalue weighted by atomic mass is 9.92. The lowest BCUT2D eigenvalue weighted by molar-refractivity contribution is -0.122. The normalized spacial score (nSPS) is 19.0. The molecule has 0 fully saturated rings. The summed E-state index contributed by atoms with van der Waals surface area (Å²) in [5.41, 5.74) is 3.18. The summed E-state index contributed by atoms with van der Waals surface area (Å²) >= 11 is 0. The molecule has 4 rings (SSSR count). The second-order valence-electron chi connectivity index (χ2n) is 6.70. The maximum atomic E-state index is 12.7. The summed E-state index contributed by atoms with van der Waals surface area (Å²) in [6, 6.07) is 10.2. The molecule has 2 aromatic carbocycles. The van der Waals surface area contributed by atoms with Gasteiger partial charge in [0.25, 0.3) is 15.9 Å². The van der Waals surface area contributed by atoms with Crippen molar-refractivity contribution in [3.05, 3.63) is 47.5 Å². The van der Waals surface area contributed by atoms with Gasteiger partial charge in [-0.05, 0) is 74.1 Å². The third-order valence-electron chi connectivity index (χ3n) is 4.79. The Morgan fingerprint density at radius 2 is 1.85 bits per heavy atom. The molecular weight excluding hydrogens is 352 g/mol. The fourth-order valence-corrected chi connectivity index (χ4v) is 4.46. The number of sulfonamides is 1. The highest BCUT2D eigenvalue weighted by Crippen LogP contribution is 2.33. The van der Waals surface area contributed by atoms with Crippen molar-refractivity contribution < 1.29 is 17.9 Å². The van der Waals surface area contributed by atoms with Crippen LogP contribution in [0.5, 0.6) is 5.75 Å². The molecule has 136 valence electrons. The van der Waals surface area contributed by atoms with E-state index in [1.807, 2.05) is 6.07 Å². The van der Waals surface area contributed by atoms with E-state index in [0.717, 1.165) is 31.2 Å². The first kappa shape index (κ1) is 16.9. The first-order valence-corrected chi connectivity index (χ1v) is 10.2. The number of fused-ring (bicyclic) bond motifs is 2. The molecule has 2 aromatic rings. The van der Waals surface area contributed by atoms with E-state index in [4.69, 9.17) is 4.74 Å². The number of nitrogens with one attached hydrogen (secondary N) is 2. The monoisotopic (exact) mass is 372 g/mol. The summed E-state index contributed by atoms with van der Waals surface area (Å²) in [7, 11) is -3.70. The van der Waals surface area contributed by atoms with Crippen LogP contribution in [0.3, 0.4) is 0 Å². The number of hydrogen-bond acceptors (Lipinski definition) is 4. The molecule has 2 aliphatic rings. The topological polar surface area (TPSA) is 84.5 Å². The third-order valence-corrected chi connectivity index (χ3v) is 6.17. The van der Waals surface area contributed by atoms with Gasteiger partial charge in [-0.1, -0.05) is 6.07 Å². The van der Waals surface area contributed by atoms with Crippen LogP contribution < -0.4 is 14.8 Å². The molecule has 26 heavy (non-hydrogen) atoms.